The largest absolute Gasteiger partial charge is 0.0836 e. The average Bonchev–Trinajstić information content (AvgIpc) is 2.19. The average molecular weight is 188 g/mol. The predicted octanol–water partition coefficient (Wildman–Crippen LogP) is 4.31. The van der Waals surface area contributed by atoms with E-state index >= 15 is 0 Å². The summed E-state index contributed by atoms with van der Waals surface area (Å²) in [6, 6.07) is 8.91. The summed E-state index contributed by atoms with van der Waals surface area (Å²) in [5.41, 5.74) is 4.21. The van der Waals surface area contributed by atoms with Gasteiger partial charge in [-0.25, -0.2) is 0 Å². The van der Waals surface area contributed by atoms with Crippen molar-refractivity contribution in [2.75, 3.05) is 0 Å². The zero-order valence-electron chi connectivity index (χ0n) is 9.67. The summed E-state index contributed by atoms with van der Waals surface area (Å²) >= 11 is 0. The molecule has 0 bridgehead atoms. The second-order valence-electron chi connectivity index (χ2n) is 3.95. The molecule has 0 spiro atoms. The first-order valence-electron chi connectivity index (χ1n) is 5.44. The van der Waals surface area contributed by atoms with Crippen molar-refractivity contribution in [3.05, 3.63) is 41.5 Å². The van der Waals surface area contributed by atoms with Gasteiger partial charge in [0.15, 0.2) is 0 Å². The maximum atomic E-state index is 2.24. The highest BCUT2D eigenvalue weighted by Crippen LogP contribution is 2.23. The molecular weight excluding hydrogens is 168 g/mol. The summed E-state index contributed by atoms with van der Waals surface area (Å²) in [6.45, 7) is 8.78. The molecule has 1 aromatic carbocycles. The topological polar surface area (TPSA) is 0 Å². The van der Waals surface area contributed by atoms with Crippen LogP contribution in [0.15, 0.2) is 30.3 Å². The van der Waals surface area contributed by atoms with E-state index < -0.39 is 0 Å². The molecule has 0 fully saturated rings. The van der Waals surface area contributed by atoms with Crippen molar-refractivity contribution in [3.63, 3.8) is 0 Å². The van der Waals surface area contributed by atoms with Gasteiger partial charge in [-0.2, -0.15) is 0 Å². The summed E-state index contributed by atoms with van der Waals surface area (Å²) in [5, 5.41) is 0. The van der Waals surface area contributed by atoms with E-state index in [2.05, 4.69) is 58.0 Å². The molecule has 0 aliphatic rings. The molecule has 0 radical (unpaired) electrons. The fourth-order valence-corrected chi connectivity index (χ4v) is 1.77. The lowest BCUT2D eigenvalue weighted by Crippen LogP contribution is -1.93. The normalized spacial score (nSPS) is 12.2. The zero-order chi connectivity index (χ0) is 10.6. The lowest BCUT2D eigenvalue weighted by molar-refractivity contribution is 0.854. The monoisotopic (exact) mass is 188 g/mol. The summed E-state index contributed by atoms with van der Waals surface area (Å²) in [4.78, 5) is 0. The van der Waals surface area contributed by atoms with Gasteiger partial charge in [0, 0.05) is 0 Å². The molecule has 0 saturated carbocycles. The Morgan fingerprint density at radius 2 is 1.79 bits per heavy atom. The molecule has 14 heavy (non-hydrogen) atoms. The van der Waals surface area contributed by atoms with Crippen LogP contribution in [0.1, 0.15) is 38.8 Å². The highest BCUT2D eigenvalue weighted by molar-refractivity contribution is 5.66. The molecule has 0 aromatic heterocycles. The van der Waals surface area contributed by atoms with Crippen molar-refractivity contribution >= 4 is 5.57 Å². The third kappa shape index (κ3) is 2.47. The first kappa shape index (κ1) is 11.0. The van der Waals surface area contributed by atoms with Crippen LogP contribution in [-0.4, -0.2) is 0 Å². The lowest BCUT2D eigenvalue weighted by atomic mass is 9.94. The highest BCUT2D eigenvalue weighted by atomic mass is 14.1. The molecule has 0 heteroatoms. The smallest absolute Gasteiger partial charge is 0.0216 e. The molecule has 1 rings (SSSR count). The van der Waals surface area contributed by atoms with Gasteiger partial charge in [0.1, 0.15) is 0 Å². The lowest BCUT2D eigenvalue weighted by Gasteiger charge is -2.11. The number of allylic oxidation sites excluding steroid dienone is 2. The Bertz CT molecular complexity index is 301. The SMILES string of the molecule is CC=C(c1ccc(CC)cc1)C(C)C. The van der Waals surface area contributed by atoms with Gasteiger partial charge >= 0.3 is 0 Å². The molecule has 0 amide bonds. The van der Waals surface area contributed by atoms with E-state index in [0.29, 0.717) is 5.92 Å². The number of benzene rings is 1. The summed E-state index contributed by atoms with van der Waals surface area (Å²) < 4.78 is 0. The zero-order valence-corrected chi connectivity index (χ0v) is 9.67. The minimum Gasteiger partial charge on any atom is -0.0836 e. The van der Waals surface area contributed by atoms with Crippen molar-refractivity contribution in [1.82, 2.24) is 0 Å². The van der Waals surface area contributed by atoms with Crippen LogP contribution in [-0.2, 0) is 6.42 Å². The van der Waals surface area contributed by atoms with Crippen molar-refractivity contribution in [3.8, 4) is 0 Å². The van der Waals surface area contributed by atoms with Gasteiger partial charge in [-0.3, -0.25) is 0 Å². The number of aryl methyl sites for hydroxylation is 1. The summed E-state index contributed by atoms with van der Waals surface area (Å²) in [7, 11) is 0. The Kier molecular flexibility index (Phi) is 3.94. The Balaban J connectivity index is 2.96. The van der Waals surface area contributed by atoms with Crippen LogP contribution in [0.5, 0.6) is 0 Å². The number of rotatable bonds is 3. The Labute approximate surface area is 87.7 Å². The van der Waals surface area contributed by atoms with E-state index in [4.69, 9.17) is 0 Å². The van der Waals surface area contributed by atoms with Gasteiger partial charge in [0.2, 0.25) is 0 Å². The molecule has 0 aliphatic carbocycles. The van der Waals surface area contributed by atoms with Gasteiger partial charge in [-0.05, 0) is 36.0 Å². The highest BCUT2D eigenvalue weighted by Gasteiger charge is 2.04. The van der Waals surface area contributed by atoms with Gasteiger partial charge in [-0.1, -0.05) is 51.1 Å². The summed E-state index contributed by atoms with van der Waals surface area (Å²) in [6.07, 6.45) is 3.33. The fraction of sp³-hybridized carbons (Fsp3) is 0.429. The minimum absolute atomic E-state index is 0.604. The Morgan fingerprint density at radius 1 is 1.21 bits per heavy atom. The van der Waals surface area contributed by atoms with Crippen LogP contribution < -0.4 is 0 Å². The van der Waals surface area contributed by atoms with E-state index in [9.17, 15) is 0 Å². The van der Waals surface area contributed by atoms with E-state index in [1.54, 1.807) is 0 Å². The molecule has 1 aromatic rings. The molecule has 0 heterocycles. The quantitative estimate of drug-likeness (QED) is 0.663. The van der Waals surface area contributed by atoms with Gasteiger partial charge < -0.3 is 0 Å². The summed E-state index contributed by atoms with van der Waals surface area (Å²) in [5.74, 6) is 0.604. The third-order valence-corrected chi connectivity index (χ3v) is 2.63. The van der Waals surface area contributed by atoms with E-state index in [1.807, 2.05) is 0 Å². The van der Waals surface area contributed by atoms with Crippen molar-refractivity contribution in [2.45, 2.75) is 34.1 Å². The van der Waals surface area contributed by atoms with E-state index in [-0.39, 0.29) is 0 Å². The van der Waals surface area contributed by atoms with E-state index in [1.165, 1.54) is 16.7 Å². The van der Waals surface area contributed by atoms with Crippen molar-refractivity contribution < 1.29 is 0 Å². The van der Waals surface area contributed by atoms with Crippen molar-refractivity contribution in [2.24, 2.45) is 5.92 Å². The molecule has 76 valence electrons. The van der Waals surface area contributed by atoms with Crippen LogP contribution in [0.2, 0.25) is 0 Å². The minimum atomic E-state index is 0.604. The predicted molar refractivity (Wildman–Crippen MR) is 64.3 cm³/mol. The molecule has 0 N–H and O–H groups in total. The van der Waals surface area contributed by atoms with Crippen LogP contribution >= 0.6 is 0 Å². The fourth-order valence-electron chi connectivity index (χ4n) is 1.77. The maximum Gasteiger partial charge on any atom is -0.0216 e. The molecule has 0 nitrogen and oxygen atoms in total. The maximum absolute atomic E-state index is 2.24. The first-order valence-corrected chi connectivity index (χ1v) is 5.44. The second kappa shape index (κ2) is 4.99. The van der Waals surface area contributed by atoms with Crippen LogP contribution in [0, 0.1) is 5.92 Å². The Morgan fingerprint density at radius 3 is 2.14 bits per heavy atom. The molecule has 0 saturated heterocycles. The molecule has 0 aliphatic heterocycles. The standard InChI is InChI=1S/C14H20/c1-5-12-7-9-13(10-8-12)14(6-2)11(3)4/h6-11H,5H2,1-4H3. The van der Waals surface area contributed by atoms with E-state index in [0.717, 1.165) is 6.42 Å². The van der Waals surface area contributed by atoms with Gasteiger partial charge in [-0.15, -0.1) is 0 Å². The number of hydrogen-bond donors (Lipinski definition) is 0. The molecule has 0 unspecified atom stereocenters. The van der Waals surface area contributed by atoms with Crippen molar-refractivity contribution in [1.29, 1.82) is 0 Å². The van der Waals surface area contributed by atoms with Crippen LogP contribution in [0.25, 0.3) is 5.57 Å². The molecular formula is C14H20. The van der Waals surface area contributed by atoms with Gasteiger partial charge in [0.25, 0.3) is 0 Å². The first-order chi connectivity index (χ1) is 6.69. The Hall–Kier alpha value is -1.04. The third-order valence-electron chi connectivity index (χ3n) is 2.63. The second-order valence-corrected chi connectivity index (χ2v) is 3.95. The van der Waals surface area contributed by atoms with Crippen LogP contribution in [0.4, 0.5) is 0 Å². The van der Waals surface area contributed by atoms with Gasteiger partial charge in [0.05, 0.1) is 0 Å². The molecule has 0 atom stereocenters. The van der Waals surface area contributed by atoms with Crippen LogP contribution in [0.3, 0.4) is 0 Å². The number of hydrogen-bond acceptors (Lipinski definition) is 0.